The minimum Gasteiger partial charge on any atom is -0.325 e. The van der Waals surface area contributed by atoms with E-state index in [4.69, 9.17) is 5.26 Å². The van der Waals surface area contributed by atoms with Crippen LogP contribution >= 0.6 is 23.1 Å². The van der Waals surface area contributed by atoms with Crippen LogP contribution in [0.3, 0.4) is 0 Å². The van der Waals surface area contributed by atoms with Gasteiger partial charge in [-0.05, 0) is 25.5 Å². The molecule has 0 atom stereocenters. The molecule has 0 bridgehead atoms. The minimum absolute atomic E-state index is 0.0771. The molecule has 1 amide bonds. The number of amides is 1. The van der Waals surface area contributed by atoms with Gasteiger partial charge < -0.3 is 5.32 Å². The molecule has 1 aromatic heterocycles. The summed E-state index contributed by atoms with van der Waals surface area (Å²) < 4.78 is 0.933. The van der Waals surface area contributed by atoms with Gasteiger partial charge in [0.15, 0.2) is 4.34 Å². The number of anilines is 1. The molecule has 0 saturated carbocycles. The van der Waals surface area contributed by atoms with Gasteiger partial charge in [0.25, 0.3) is 0 Å². The largest absolute Gasteiger partial charge is 0.325 e. The van der Waals surface area contributed by atoms with Crippen LogP contribution in [0, 0.1) is 18.3 Å². The molecule has 5 nitrogen and oxygen atoms in total. The lowest BCUT2D eigenvalue weighted by molar-refractivity contribution is -0.116. The van der Waals surface area contributed by atoms with Crippen molar-refractivity contribution in [2.24, 2.45) is 0 Å². The Kier molecular flexibility index (Phi) is 5.72. The highest BCUT2D eigenvalue weighted by molar-refractivity contribution is 8.01. The number of thioether (sulfide) groups is 1. The summed E-state index contributed by atoms with van der Waals surface area (Å²) in [5, 5.41) is 20.6. The standard InChI is InChI=1S/C14H14N4OS2/c1-10-17-18-14(21-10)20-8-4-7-13(19)16-12-6-3-2-5-11(12)9-15/h2-3,5-6H,4,7-8H2,1H3,(H,16,19). The van der Waals surface area contributed by atoms with Crippen LogP contribution in [0.15, 0.2) is 28.6 Å². The first-order valence-corrected chi connectivity index (χ1v) is 8.21. The summed E-state index contributed by atoms with van der Waals surface area (Å²) in [6.07, 6.45) is 1.17. The predicted octanol–water partition coefficient (Wildman–Crippen LogP) is 3.23. The maximum absolute atomic E-state index is 11.8. The maximum atomic E-state index is 11.8. The van der Waals surface area contributed by atoms with Crippen LogP contribution in [0.4, 0.5) is 5.69 Å². The fraction of sp³-hybridized carbons (Fsp3) is 0.286. The summed E-state index contributed by atoms with van der Waals surface area (Å²) in [5.74, 6) is 0.744. The van der Waals surface area contributed by atoms with Gasteiger partial charge in [-0.3, -0.25) is 4.79 Å². The number of carbonyl (C=O) groups is 1. The Hall–Kier alpha value is -1.91. The first-order valence-electron chi connectivity index (χ1n) is 6.41. The number of benzene rings is 1. The summed E-state index contributed by atoms with van der Waals surface area (Å²) in [6.45, 7) is 1.92. The van der Waals surface area contributed by atoms with Gasteiger partial charge in [-0.1, -0.05) is 35.2 Å². The zero-order valence-electron chi connectivity index (χ0n) is 11.5. The molecule has 0 saturated heterocycles. The van der Waals surface area contributed by atoms with Crippen LogP contribution < -0.4 is 5.32 Å². The van der Waals surface area contributed by atoms with E-state index >= 15 is 0 Å². The summed E-state index contributed by atoms with van der Waals surface area (Å²) in [5.41, 5.74) is 1.04. The maximum Gasteiger partial charge on any atom is 0.224 e. The third kappa shape index (κ3) is 4.85. The second-order valence-corrected chi connectivity index (χ2v) is 6.77. The molecular weight excluding hydrogens is 304 g/mol. The summed E-state index contributed by atoms with van der Waals surface area (Å²) in [6, 6.07) is 9.04. The molecule has 21 heavy (non-hydrogen) atoms. The van der Waals surface area contributed by atoms with Crippen LogP contribution in [0.1, 0.15) is 23.4 Å². The van der Waals surface area contributed by atoms with E-state index in [2.05, 4.69) is 21.6 Å². The van der Waals surface area contributed by atoms with Crippen molar-refractivity contribution in [3.05, 3.63) is 34.8 Å². The summed E-state index contributed by atoms with van der Waals surface area (Å²) >= 11 is 3.17. The SMILES string of the molecule is Cc1nnc(SCCCC(=O)Nc2ccccc2C#N)s1. The molecule has 108 valence electrons. The van der Waals surface area contributed by atoms with Crippen molar-refractivity contribution in [3.63, 3.8) is 0 Å². The molecule has 1 aromatic carbocycles. The Balaban J connectivity index is 1.74. The van der Waals surface area contributed by atoms with E-state index in [1.165, 1.54) is 0 Å². The first-order chi connectivity index (χ1) is 10.2. The third-order valence-corrected chi connectivity index (χ3v) is 4.66. The van der Waals surface area contributed by atoms with E-state index in [1.807, 2.05) is 6.92 Å². The van der Waals surface area contributed by atoms with Gasteiger partial charge in [0, 0.05) is 12.2 Å². The Morgan fingerprint density at radius 3 is 2.95 bits per heavy atom. The number of aromatic nitrogens is 2. The summed E-state index contributed by atoms with van der Waals surface area (Å²) in [7, 11) is 0. The molecule has 1 heterocycles. The number of carbonyl (C=O) groups excluding carboxylic acids is 1. The molecule has 0 spiro atoms. The minimum atomic E-state index is -0.0771. The van der Waals surface area contributed by atoms with Gasteiger partial charge >= 0.3 is 0 Å². The van der Waals surface area contributed by atoms with Crippen molar-refractivity contribution in [1.82, 2.24) is 10.2 Å². The van der Waals surface area contributed by atoms with Crippen molar-refractivity contribution < 1.29 is 4.79 Å². The van der Waals surface area contributed by atoms with Gasteiger partial charge in [-0.2, -0.15) is 5.26 Å². The molecular formula is C14H14N4OS2. The van der Waals surface area contributed by atoms with Crippen molar-refractivity contribution in [3.8, 4) is 6.07 Å². The lowest BCUT2D eigenvalue weighted by atomic mass is 10.2. The number of nitrogens with zero attached hydrogens (tertiary/aromatic N) is 3. The Morgan fingerprint density at radius 2 is 2.24 bits per heavy atom. The number of rotatable bonds is 6. The van der Waals surface area contributed by atoms with Gasteiger partial charge in [-0.15, -0.1) is 10.2 Å². The van der Waals surface area contributed by atoms with Gasteiger partial charge in [0.1, 0.15) is 11.1 Å². The molecule has 0 aliphatic rings. The Labute approximate surface area is 131 Å². The first kappa shape index (κ1) is 15.5. The molecule has 2 aromatic rings. The van der Waals surface area contributed by atoms with Gasteiger partial charge in [-0.25, -0.2) is 0 Å². The normalized spacial score (nSPS) is 10.1. The quantitative estimate of drug-likeness (QED) is 0.653. The van der Waals surface area contributed by atoms with E-state index < -0.39 is 0 Å². The second kappa shape index (κ2) is 7.76. The van der Waals surface area contributed by atoms with Crippen LogP contribution in [0.2, 0.25) is 0 Å². The smallest absolute Gasteiger partial charge is 0.224 e. The third-order valence-electron chi connectivity index (χ3n) is 2.60. The Bertz CT molecular complexity index is 663. The molecule has 1 N–H and O–H groups in total. The molecule has 0 aliphatic heterocycles. The van der Waals surface area contributed by atoms with E-state index in [1.54, 1.807) is 47.4 Å². The second-order valence-electron chi connectivity index (χ2n) is 4.24. The topological polar surface area (TPSA) is 78.7 Å². The van der Waals surface area contributed by atoms with Gasteiger partial charge in [0.05, 0.1) is 11.3 Å². The zero-order chi connectivity index (χ0) is 15.1. The average Bonchev–Trinajstić information content (AvgIpc) is 2.90. The van der Waals surface area contributed by atoms with Gasteiger partial charge in [0.2, 0.25) is 5.91 Å². The highest BCUT2D eigenvalue weighted by Crippen LogP contribution is 2.23. The predicted molar refractivity (Wildman–Crippen MR) is 84.4 cm³/mol. The van der Waals surface area contributed by atoms with Crippen molar-refractivity contribution in [2.75, 3.05) is 11.1 Å². The lowest BCUT2D eigenvalue weighted by Gasteiger charge is -2.06. The van der Waals surface area contributed by atoms with Crippen molar-refractivity contribution in [1.29, 1.82) is 5.26 Å². The molecule has 0 unspecified atom stereocenters. The van der Waals surface area contributed by atoms with Crippen LogP contribution in [0.5, 0.6) is 0 Å². The molecule has 0 aliphatic carbocycles. The van der Waals surface area contributed by atoms with Crippen LogP contribution in [-0.2, 0) is 4.79 Å². The molecule has 0 radical (unpaired) electrons. The molecule has 2 rings (SSSR count). The number of hydrogen-bond donors (Lipinski definition) is 1. The number of hydrogen-bond acceptors (Lipinski definition) is 6. The van der Waals surface area contributed by atoms with Crippen LogP contribution in [-0.4, -0.2) is 21.9 Å². The number of nitrogens with one attached hydrogen (secondary N) is 1. The van der Waals surface area contributed by atoms with E-state index in [9.17, 15) is 4.79 Å². The van der Waals surface area contributed by atoms with E-state index in [0.717, 1.165) is 21.5 Å². The van der Waals surface area contributed by atoms with Crippen molar-refractivity contribution in [2.45, 2.75) is 24.1 Å². The fourth-order valence-electron chi connectivity index (χ4n) is 1.63. The fourth-order valence-corrected chi connectivity index (χ4v) is 3.46. The average molecular weight is 318 g/mol. The van der Waals surface area contributed by atoms with Crippen molar-refractivity contribution >= 4 is 34.7 Å². The highest BCUT2D eigenvalue weighted by atomic mass is 32.2. The number of aryl methyl sites for hydroxylation is 1. The van der Waals surface area contributed by atoms with Crippen LogP contribution in [0.25, 0.3) is 0 Å². The summed E-state index contributed by atoms with van der Waals surface area (Å²) in [4.78, 5) is 11.8. The molecule has 0 fully saturated rings. The number of nitriles is 1. The van der Waals surface area contributed by atoms with E-state index in [-0.39, 0.29) is 5.91 Å². The number of para-hydroxylation sites is 1. The lowest BCUT2D eigenvalue weighted by Crippen LogP contribution is -2.12. The molecule has 7 heteroatoms. The highest BCUT2D eigenvalue weighted by Gasteiger charge is 2.07. The Morgan fingerprint density at radius 1 is 1.43 bits per heavy atom. The monoisotopic (exact) mass is 318 g/mol. The van der Waals surface area contributed by atoms with E-state index in [0.29, 0.717) is 17.7 Å². The zero-order valence-corrected chi connectivity index (χ0v) is 13.1.